The Bertz CT molecular complexity index is 229. The van der Waals surface area contributed by atoms with E-state index in [2.05, 4.69) is 12.2 Å². The molecule has 2 heteroatoms. The van der Waals surface area contributed by atoms with Gasteiger partial charge < -0.3 is 11.1 Å². The highest BCUT2D eigenvalue weighted by atomic mass is 14.8. The van der Waals surface area contributed by atoms with Crippen molar-refractivity contribution in [2.75, 3.05) is 19.6 Å². The molecule has 0 rings (SSSR count). The third-order valence-electron chi connectivity index (χ3n) is 6.01. The van der Waals surface area contributed by atoms with Gasteiger partial charge in [0, 0.05) is 0 Å². The lowest BCUT2D eigenvalue weighted by molar-refractivity contribution is 0.522. The van der Waals surface area contributed by atoms with Gasteiger partial charge in [-0.15, -0.1) is 0 Å². The average Bonchev–Trinajstić information content (AvgIpc) is 2.71. The first-order chi connectivity index (χ1) is 13.9. The standard InChI is InChI=1S/C26H56N2/c1-2-3-4-5-6-7-10-13-16-19-22-25-28-26-23-20-17-14-11-8-9-12-15-18-21-24-27/h28H,2-27H2,1H3. The van der Waals surface area contributed by atoms with Crippen LogP contribution < -0.4 is 11.1 Å². The summed E-state index contributed by atoms with van der Waals surface area (Å²) in [5.74, 6) is 0. The summed E-state index contributed by atoms with van der Waals surface area (Å²) in [5.41, 5.74) is 5.52. The van der Waals surface area contributed by atoms with E-state index in [1.807, 2.05) is 0 Å². The van der Waals surface area contributed by atoms with Gasteiger partial charge in [-0.1, -0.05) is 129 Å². The van der Waals surface area contributed by atoms with Crippen molar-refractivity contribution < 1.29 is 0 Å². The van der Waals surface area contributed by atoms with E-state index in [0.29, 0.717) is 0 Å². The van der Waals surface area contributed by atoms with Crippen molar-refractivity contribution in [1.82, 2.24) is 5.32 Å². The highest BCUT2D eigenvalue weighted by Crippen LogP contribution is 2.12. The van der Waals surface area contributed by atoms with Gasteiger partial charge in [0.1, 0.15) is 0 Å². The molecule has 0 fully saturated rings. The maximum Gasteiger partial charge on any atom is -0.00489 e. The zero-order valence-corrected chi connectivity index (χ0v) is 19.8. The van der Waals surface area contributed by atoms with Gasteiger partial charge in [-0.2, -0.15) is 0 Å². The van der Waals surface area contributed by atoms with Crippen LogP contribution in [-0.2, 0) is 0 Å². The number of unbranched alkanes of at least 4 members (excludes halogenated alkanes) is 20. The summed E-state index contributed by atoms with van der Waals surface area (Å²) in [5, 5.41) is 3.64. The predicted octanol–water partition coefficient (Wildman–Crippen LogP) is 8.14. The molecule has 0 saturated carbocycles. The van der Waals surface area contributed by atoms with Crippen molar-refractivity contribution in [3.8, 4) is 0 Å². The number of nitrogens with one attached hydrogen (secondary N) is 1. The molecule has 28 heavy (non-hydrogen) atoms. The molecule has 0 amide bonds. The van der Waals surface area contributed by atoms with Crippen molar-refractivity contribution in [3.05, 3.63) is 0 Å². The fourth-order valence-electron chi connectivity index (χ4n) is 4.02. The maximum absolute atomic E-state index is 5.52. The van der Waals surface area contributed by atoms with Crippen LogP contribution in [0.1, 0.15) is 148 Å². The Morgan fingerprint density at radius 3 is 1.00 bits per heavy atom. The van der Waals surface area contributed by atoms with Crippen LogP contribution in [0.25, 0.3) is 0 Å². The van der Waals surface area contributed by atoms with Crippen LogP contribution in [0.4, 0.5) is 0 Å². The van der Waals surface area contributed by atoms with Crippen molar-refractivity contribution in [2.45, 2.75) is 148 Å². The molecule has 170 valence electrons. The summed E-state index contributed by atoms with van der Waals surface area (Å²) in [7, 11) is 0. The average molecular weight is 397 g/mol. The highest BCUT2D eigenvalue weighted by Gasteiger charge is 1.95. The van der Waals surface area contributed by atoms with Gasteiger partial charge >= 0.3 is 0 Å². The molecule has 0 atom stereocenters. The summed E-state index contributed by atoms with van der Waals surface area (Å²) in [6.07, 6.45) is 31.2. The SMILES string of the molecule is CCCCCCCCCCCCCNCCCCCCCCCCCCCN. The fraction of sp³-hybridized carbons (Fsp3) is 1.00. The normalized spacial score (nSPS) is 11.4. The van der Waals surface area contributed by atoms with Crippen molar-refractivity contribution in [3.63, 3.8) is 0 Å². The second kappa shape index (κ2) is 26.9. The predicted molar refractivity (Wildman–Crippen MR) is 129 cm³/mol. The summed E-state index contributed by atoms with van der Waals surface area (Å²) in [4.78, 5) is 0. The number of hydrogen-bond donors (Lipinski definition) is 2. The lowest BCUT2D eigenvalue weighted by Crippen LogP contribution is -2.16. The second-order valence-corrected chi connectivity index (χ2v) is 8.96. The van der Waals surface area contributed by atoms with E-state index in [9.17, 15) is 0 Å². The molecule has 0 bridgehead atoms. The molecule has 2 nitrogen and oxygen atoms in total. The first kappa shape index (κ1) is 27.9. The molecule has 0 aromatic rings. The topological polar surface area (TPSA) is 38.0 Å². The molecular formula is C26H56N2. The van der Waals surface area contributed by atoms with Gasteiger partial charge in [-0.3, -0.25) is 0 Å². The zero-order valence-electron chi connectivity index (χ0n) is 19.8. The number of hydrogen-bond acceptors (Lipinski definition) is 2. The zero-order chi connectivity index (χ0) is 20.4. The fourth-order valence-corrected chi connectivity index (χ4v) is 4.02. The summed E-state index contributed by atoms with van der Waals surface area (Å²) < 4.78 is 0. The Balaban J connectivity index is 2.96. The summed E-state index contributed by atoms with van der Waals surface area (Å²) in [6.45, 7) is 5.64. The molecule has 0 radical (unpaired) electrons. The molecule has 0 aromatic carbocycles. The molecule has 3 N–H and O–H groups in total. The smallest absolute Gasteiger partial charge is 0.00489 e. The minimum Gasteiger partial charge on any atom is -0.330 e. The van der Waals surface area contributed by atoms with Gasteiger partial charge in [0.05, 0.1) is 0 Å². The second-order valence-electron chi connectivity index (χ2n) is 8.96. The molecule has 0 saturated heterocycles. The minimum atomic E-state index is 0.869. The van der Waals surface area contributed by atoms with E-state index >= 15 is 0 Å². The molecule has 0 aliphatic rings. The van der Waals surface area contributed by atoms with Gasteiger partial charge in [0.2, 0.25) is 0 Å². The Labute approximate surface area is 179 Å². The Morgan fingerprint density at radius 2 is 0.679 bits per heavy atom. The molecule has 0 aliphatic carbocycles. The van der Waals surface area contributed by atoms with Gasteiger partial charge in [-0.05, 0) is 38.9 Å². The van der Waals surface area contributed by atoms with E-state index in [1.165, 1.54) is 154 Å². The van der Waals surface area contributed by atoms with Crippen LogP contribution in [0.5, 0.6) is 0 Å². The summed E-state index contributed by atoms with van der Waals surface area (Å²) >= 11 is 0. The molecule has 0 aliphatic heterocycles. The molecule has 0 heterocycles. The molecular weight excluding hydrogens is 340 g/mol. The van der Waals surface area contributed by atoms with Crippen LogP contribution in [0.3, 0.4) is 0 Å². The summed E-state index contributed by atoms with van der Waals surface area (Å²) in [6, 6.07) is 0. The third-order valence-corrected chi connectivity index (χ3v) is 6.01. The van der Waals surface area contributed by atoms with Gasteiger partial charge in [-0.25, -0.2) is 0 Å². The van der Waals surface area contributed by atoms with Crippen LogP contribution in [-0.4, -0.2) is 19.6 Å². The minimum absolute atomic E-state index is 0.869. The Kier molecular flexibility index (Phi) is 26.8. The van der Waals surface area contributed by atoms with Crippen LogP contribution in [0.15, 0.2) is 0 Å². The Morgan fingerprint density at radius 1 is 0.393 bits per heavy atom. The molecule has 0 unspecified atom stereocenters. The van der Waals surface area contributed by atoms with Crippen molar-refractivity contribution in [2.24, 2.45) is 5.73 Å². The lowest BCUT2D eigenvalue weighted by Gasteiger charge is -2.06. The van der Waals surface area contributed by atoms with Crippen molar-refractivity contribution in [1.29, 1.82) is 0 Å². The van der Waals surface area contributed by atoms with Crippen LogP contribution in [0.2, 0.25) is 0 Å². The first-order valence-corrected chi connectivity index (χ1v) is 13.3. The maximum atomic E-state index is 5.52. The highest BCUT2D eigenvalue weighted by molar-refractivity contribution is 4.53. The van der Waals surface area contributed by atoms with Gasteiger partial charge in [0.25, 0.3) is 0 Å². The third kappa shape index (κ3) is 25.9. The number of rotatable bonds is 25. The quantitative estimate of drug-likeness (QED) is 0.153. The van der Waals surface area contributed by atoms with Gasteiger partial charge in [0.15, 0.2) is 0 Å². The van der Waals surface area contributed by atoms with Crippen LogP contribution in [0, 0.1) is 0 Å². The largest absolute Gasteiger partial charge is 0.330 e. The van der Waals surface area contributed by atoms with E-state index in [-0.39, 0.29) is 0 Å². The van der Waals surface area contributed by atoms with Crippen LogP contribution >= 0.6 is 0 Å². The first-order valence-electron chi connectivity index (χ1n) is 13.3. The van der Waals surface area contributed by atoms with E-state index < -0.39 is 0 Å². The lowest BCUT2D eigenvalue weighted by atomic mass is 10.1. The molecule has 0 spiro atoms. The van der Waals surface area contributed by atoms with E-state index in [1.54, 1.807) is 0 Å². The van der Waals surface area contributed by atoms with Crippen molar-refractivity contribution >= 4 is 0 Å². The Hall–Kier alpha value is -0.0800. The number of nitrogens with two attached hydrogens (primary N) is 1. The molecule has 0 aromatic heterocycles. The monoisotopic (exact) mass is 396 g/mol. The van der Waals surface area contributed by atoms with E-state index in [0.717, 1.165) is 6.54 Å². The van der Waals surface area contributed by atoms with E-state index in [4.69, 9.17) is 5.73 Å².